The average molecular weight is 381 g/mol. The first-order chi connectivity index (χ1) is 12.7. The summed E-state index contributed by atoms with van der Waals surface area (Å²) in [5.41, 5.74) is 7.04. The molecule has 0 bridgehead atoms. The molecule has 8 heteroatoms. The van der Waals surface area contributed by atoms with Gasteiger partial charge in [-0.2, -0.15) is 0 Å². The summed E-state index contributed by atoms with van der Waals surface area (Å²) in [6.07, 6.45) is -1.93. The first kappa shape index (κ1) is 21.0. The van der Waals surface area contributed by atoms with Gasteiger partial charge < -0.3 is 29.8 Å². The predicted molar refractivity (Wildman–Crippen MR) is 96.6 cm³/mol. The zero-order valence-corrected chi connectivity index (χ0v) is 16.0. The lowest BCUT2D eigenvalue weighted by atomic mass is 9.84. The molecule has 150 valence electrons. The molecular weight excluding hydrogens is 354 g/mol. The number of nitrogen functional groups attached to an aromatic ring is 1. The Hall–Kier alpha value is -2.32. The van der Waals surface area contributed by atoms with Crippen LogP contribution in [0.1, 0.15) is 33.3 Å². The van der Waals surface area contributed by atoms with Gasteiger partial charge in [0.05, 0.1) is 12.3 Å². The summed E-state index contributed by atoms with van der Waals surface area (Å²) in [4.78, 5) is 22.7. The molecule has 1 aliphatic rings. The highest BCUT2D eigenvalue weighted by Crippen LogP contribution is 2.35. The van der Waals surface area contributed by atoms with Gasteiger partial charge in [0.25, 0.3) is 0 Å². The number of anilines is 1. The Morgan fingerprint density at radius 3 is 2.48 bits per heavy atom. The number of aliphatic hydroxyl groups excluding tert-OH is 1. The van der Waals surface area contributed by atoms with Crippen molar-refractivity contribution in [1.29, 1.82) is 0 Å². The largest absolute Gasteiger partial charge is 0.463 e. The van der Waals surface area contributed by atoms with Crippen molar-refractivity contribution in [2.24, 2.45) is 11.8 Å². The van der Waals surface area contributed by atoms with Crippen molar-refractivity contribution in [3.05, 3.63) is 23.8 Å². The van der Waals surface area contributed by atoms with Gasteiger partial charge in [-0.15, -0.1) is 0 Å². The molecule has 2 rings (SSSR count). The molecule has 0 aliphatic carbocycles. The number of rotatable bonds is 6. The highest BCUT2D eigenvalue weighted by Gasteiger charge is 2.45. The van der Waals surface area contributed by atoms with Gasteiger partial charge in [-0.3, -0.25) is 9.59 Å². The van der Waals surface area contributed by atoms with Gasteiger partial charge in [-0.25, -0.2) is 0 Å². The molecule has 27 heavy (non-hydrogen) atoms. The average Bonchev–Trinajstić information content (AvgIpc) is 2.61. The van der Waals surface area contributed by atoms with Gasteiger partial charge in [-0.05, 0) is 17.7 Å². The van der Waals surface area contributed by atoms with Crippen molar-refractivity contribution in [2.45, 2.75) is 52.8 Å². The van der Waals surface area contributed by atoms with Crippen LogP contribution in [0.25, 0.3) is 0 Å². The fourth-order valence-corrected chi connectivity index (χ4v) is 3.01. The fourth-order valence-electron chi connectivity index (χ4n) is 3.01. The standard InChI is InChI=1S/C19H27NO7/c1-10-11(2)19(26-16-7-14(8-21)5-6-15(16)20)27-17(9-24-12(3)22)18(10)25-13(4)23/h5-7,10-11,17-19,21H,8-9,20H2,1-4H3/t10-,11-,17-,18-,19-/m1/s1. The number of benzene rings is 1. The first-order valence-electron chi connectivity index (χ1n) is 8.84. The lowest BCUT2D eigenvalue weighted by Gasteiger charge is -2.43. The van der Waals surface area contributed by atoms with Crippen LogP contribution in [0.3, 0.4) is 0 Å². The fraction of sp³-hybridized carbons (Fsp3) is 0.579. The summed E-state index contributed by atoms with van der Waals surface area (Å²) >= 11 is 0. The number of carbonyl (C=O) groups is 2. The van der Waals surface area contributed by atoms with Crippen molar-refractivity contribution in [1.82, 2.24) is 0 Å². The van der Waals surface area contributed by atoms with Crippen molar-refractivity contribution >= 4 is 17.6 Å². The molecule has 0 unspecified atom stereocenters. The Balaban J connectivity index is 2.21. The molecule has 0 aromatic heterocycles. The smallest absolute Gasteiger partial charge is 0.303 e. The maximum atomic E-state index is 11.5. The Morgan fingerprint density at radius 1 is 1.19 bits per heavy atom. The monoisotopic (exact) mass is 381 g/mol. The Bertz CT molecular complexity index is 678. The van der Waals surface area contributed by atoms with E-state index in [0.717, 1.165) is 0 Å². The summed E-state index contributed by atoms with van der Waals surface area (Å²) in [6.45, 7) is 6.26. The van der Waals surface area contributed by atoms with Crippen molar-refractivity contribution < 1.29 is 33.6 Å². The first-order valence-corrected chi connectivity index (χ1v) is 8.84. The van der Waals surface area contributed by atoms with E-state index < -0.39 is 30.4 Å². The molecule has 1 aromatic carbocycles. The van der Waals surface area contributed by atoms with E-state index in [9.17, 15) is 14.7 Å². The van der Waals surface area contributed by atoms with E-state index in [-0.39, 0.29) is 25.0 Å². The Kier molecular flexibility index (Phi) is 7.04. The van der Waals surface area contributed by atoms with Gasteiger partial charge in [0.2, 0.25) is 6.29 Å². The number of carbonyl (C=O) groups excluding carboxylic acids is 2. The lowest BCUT2D eigenvalue weighted by molar-refractivity contribution is -0.247. The van der Waals surface area contributed by atoms with Gasteiger partial charge in [-0.1, -0.05) is 19.9 Å². The second-order valence-electron chi connectivity index (χ2n) is 6.79. The van der Waals surface area contributed by atoms with Crippen LogP contribution in [0.5, 0.6) is 5.75 Å². The number of aliphatic hydroxyl groups is 1. The summed E-state index contributed by atoms with van der Waals surface area (Å²) in [6, 6.07) is 5.00. The predicted octanol–water partition coefficient (Wildman–Crippen LogP) is 1.63. The lowest BCUT2D eigenvalue weighted by Crippen LogP contribution is -2.54. The number of hydrogen-bond acceptors (Lipinski definition) is 8. The summed E-state index contributed by atoms with van der Waals surface area (Å²) in [5, 5.41) is 9.31. The van der Waals surface area contributed by atoms with Crippen LogP contribution in [0, 0.1) is 11.8 Å². The highest BCUT2D eigenvalue weighted by atomic mass is 16.7. The molecule has 8 nitrogen and oxygen atoms in total. The number of hydrogen-bond donors (Lipinski definition) is 2. The van der Waals surface area contributed by atoms with Crippen molar-refractivity contribution in [3.8, 4) is 5.75 Å². The third-order valence-electron chi connectivity index (χ3n) is 4.71. The van der Waals surface area contributed by atoms with Crippen LogP contribution < -0.4 is 10.5 Å². The second-order valence-corrected chi connectivity index (χ2v) is 6.79. The normalized spacial score (nSPS) is 27.7. The third kappa shape index (κ3) is 5.33. The third-order valence-corrected chi connectivity index (χ3v) is 4.71. The van der Waals surface area contributed by atoms with Crippen molar-refractivity contribution in [2.75, 3.05) is 12.3 Å². The summed E-state index contributed by atoms with van der Waals surface area (Å²) in [7, 11) is 0. The molecule has 1 aliphatic heterocycles. The summed E-state index contributed by atoms with van der Waals surface area (Å²) < 4.78 is 22.4. The minimum absolute atomic E-state index is 0.0592. The topological polar surface area (TPSA) is 117 Å². The molecule has 0 radical (unpaired) electrons. The van der Waals surface area contributed by atoms with E-state index in [1.165, 1.54) is 13.8 Å². The molecule has 5 atom stereocenters. The van der Waals surface area contributed by atoms with Crippen LogP contribution in [0.4, 0.5) is 5.69 Å². The summed E-state index contributed by atoms with van der Waals surface area (Å²) in [5.74, 6) is -0.753. The van der Waals surface area contributed by atoms with E-state index in [4.69, 9.17) is 24.7 Å². The van der Waals surface area contributed by atoms with E-state index >= 15 is 0 Å². The molecule has 1 aromatic rings. The highest BCUT2D eigenvalue weighted by molar-refractivity contribution is 5.66. The quantitative estimate of drug-likeness (QED) is 0.564. The molecular formula is C19H27NO7. The molecule has 1 fully saturated rings. The van der Waals surface area contributed by atoms with Gasteiger partial charge in [0.1, 0.15) is 24.6 Å². The second kappa shape index (κ2) is 9.05. The Labute approximate surface area is 158 Å². The maximum Gasteiger partial charge on any atom is 0.303 e. The minimum atomic E-state index is -0.691. The molecule has 1 heterocycles. The van der Waals surface area contributed by atoms with Crippen molar-refractivity contribution in [3.63, 3.8) is 0 Å². The van der Waals surface area contributed by atoms with E-state index in [2.05, 4.69) is 0 Å². The van der Waals surface area contributed by atoms with E-state index in [0.29, 0.717) is 17.0 Å². The van der Waals surface area contributed by atoms with Crippen LogP contribution in [-0.2, 0) is 30.4 Å². The van der Waals surface area contributed by atoms with E-state index in [1.54, 1.807) is 18.2 Å². The molecule has 3 N–H and O–H groups in total. The number of nitrogens with two attached hydrogens (primary N) is 1. The van der Waals surface area contributed by atoms with E-state index in [1.807, 2.05) is 13.8 Å². The zero-order chi connectivity index (χ0) is 20.1. The van der Waals surface area contributed by atoms with Gasteiger partial charge in [0, 0.05) is 25.7 Å². The maximum absolute atomic E-state index is 11.5. The number of esters is 2. The van der Waals surface area contributed by atoms with Gasteiger partial charge in [0.15, 0.2) is 0 Å². The van der Waals surface area contributed by atoms with Crippen LogP contribution in [-0.4, -0.2) is 42.1 Å². The zero-order valence-electron chi connectivity index (χ0n) is 16.0. The SMILES string of the molecule is CC(=O)OC[C@H]1O[C@@H](Oc2cc(CO)ccc2N)[C@H](C)[C@@H](C)[C@H]1OC(C)=O. The molecule has 0 spiro atoms. The van der Waals surface area contributed by atoms with Gasteiger partial charge >= 0.3 is 11.9 Å². The van der Waals surface area contributed by atoms with Crippen LogP contribution in [0.15, 0.2) is 18.2 Å². The Morgan fingerprint density at radius 2 is 1.89 bits per heavy atom. The van der Waals surface area contributed by atoms with Crippen LogP contribution >= 0.6 is 0 Å². The molecule has 0 amide bonds. The number of ether oxygens (including phenoxy) is 4. The minimum Gasteiger partial charge on any atom is -0.463 e. The molecule has 1 saturated heterocycles. The van der Waals surface area contributed by atoms with Crippen LogP contribution in [0.2, 0.25) is 0 Å². The molecule has 0 saturated carbocycles.